The van der Waals surface area contributed by atoms with Crippen molar-refractivity contribution in [1.29, 1.82) is 0 Å². The Balaban J connectivity index is 1.93. The van der Waals surface area contributed by atoms with E-state index < -0.39 is 17.8 Å². The Morgan fingerprint density at radius 2 is 1.96 bits per heavy atom. The van der Waals surface area contributed by atoms with E-state index in [-0.39, 0.29) is 23.1 Å². The van der Waals surface area contributed by atoms with Crippen molar-refractivity contribution in [2.75, 3.05) is 26.1 Å². The number of carbonyl (C=O) groups is 3. The standard InChI is InChI=1S/C18H16N2O7S/c1-9-6-13(27-20-9)19-17(22)10-4-5-11-12(7-10)28-16(18(23)25-3)15(11)26-8-14(21)24-2/h4-7H,8H2,1-3H3,(H,19,22). The molecule has 0 radical (unpaired) electrons. The van der Waals surface area contributed by atoms with Crippen molar-refractivity contribution < 1.29 is 33.1 Å². The largest absolute Gasteiger partial charge is 0.479 e. The number of carbonyl (C=O) groups excluding carboxylic acids is 3. The van der Waals surface area contributed by atoms with Crippen LogP contribution in [-0.2, 0) is 14.3 Å². The number of amides is 1. The van der Waals surface area contributed by atoms with Crippen LogP contribution in [0.3, 0.4) is 0 Å². The average molecular weight is 404 g/mol. The van der Waals surface area contributed by atoms with Crippen LogP contribution in [0.5, 0.6) is 5.75 Å². The molecule has 0 saturated heterocycles. The molecule has 0 bridgehead atoms. The first-order valence-corrected chi connectivity index (χ1v) is 8.83. The number of ether oxygens (including phenoxy) is 3. The number of aryl methyl sites for hydroxylation is 1. The van der Waals surface area contributed by atoms with Gasteiger partial charge in [0.15, 0.2) is 17.2 Å². The molecule has 1 aromatic carbocycles. The van der Waals surface area contributed by atoms with Gasteiger partial charge in [0.05, 0.1) is 19.9 Å². The van der Waals surface area contributed by atoms with Gasteiger partial charge in [0.1, 0.15) is 0 Å². The van der Waals surface area contributed by atoms with Crippen LogP contribution in [0.25, 0.3) is 10.1 Å². The summed E-state index contributed by atoms with van der Waals surface area (Å²) in [6.07, 6.45) is 0. The topological polar surface area (TPSA) is 117 Å². The first-order valence-electron chi connectivity index (χ1n) is 8.02. The van der Waals surface area contributed by atoms with Gasteiger partial charge >= 0.3 is 11.9 Å². The maximum absolute atomic E-state index is 12.4. The predicted molar refractivity (Wildman–Crippen MR) is 99.9 cm³/mol. The average Bonchev–Trinajstić information content (AvgIpc) is 3.27. The molecule has 3 aromatic rings. The van der Waals surface area contributed by atoms with E-state index in [1.165, 1.54) is 14.2 Å². The molecule has 1 amide bonds. The molecular weight excluding hydrogens is 388 g/mol. The quantitative estimate of drug-likeness (QED) is 0.623. The molecule has 0 saturated carbocycles. The zero-order chi connectivity index (χ0) is 20.3. The second-order valence-electron chi connectivity index (χ2n) is 5.61. The highest BCUT2D eigenvalue weighted by molar-refractivity contribution is 7.21. The Morgan fingerprint density at radius 3 is 2.61 bits per heavy atom. The monoisotopic (exact) mass is 404 g/mol. The Hall–Kier alpha value is -3.40. The molecular formula is C18H16N2O7S. The maximum Gasteiger partial charge on any atom is 0.351 e. The molecule has 0 aliphatic carbocycles. The zero-order valence-electron chi connectivity index (χ0n) is 15.2. The number of aromatic nitrogens is 1. The van der Waals surface area contributed by atoms with Crippen LogP contribution >= 0.6 is 11.3 Å². The number of nitrogens with zero attached hydrogens (tertiary/aromatic N) is 1. The number of esters is 2. The molecule has 3 rings (SSSR count). The lowest BCUT2D eigenvalue weighted by atomic mass is 10.1. The fraction of sp³-hybridized carbons (Fsp3) is 0.222. The van der Waals surface area contributed by atoms with E-state index >= 15 is 0 Å². The summed E-state index contributed by atoms with van der Waals surface area (Å²) < 4.78 is 20.4. The van der Waals surface area contributed by atoms with Crippen LogP contribution in [0.15, 0.2) is 28.8 Å². The molecule has 0 fully saturated rings. The van der Waals surface area contributed by atoms with Crippen LogP contribution < -0.4 is 10.1 Å². The van der Waals surface area contributed by atoms with Gasteiger partial charge in [-0.25, -0.2) is 9.59 Å². The minimum atomic E-state index is -0.607. The molecule has 2 heterocycles. The number of thiophene rings is 1. The third-order valence-corrected chi connectivity index (χ3v) is 4.82. The van der Waals surface area contributed by atoms with Gasteiger partial charge in [0.25, 0.3) is 5.91 Å². The Morgan fingerprint density at radius 1 is 1.18 bits per heavy atom. The number of methoxy groups -OCH3 is 2. The summed E-state index contributed by atoms with van der Waals surface area (Å²) in [6.45, 7) is 1.38. The van der Waals surface area contributed by atoms with Gasteiger partial charge in [0, 0.05) is 21.7 Å². The van der Waals surface area contributed by atoms with Crippen molar-refractivity contribution in [3.63, 3.8) is 0 Å². The van der Waals surface area contributed by atoms with Crippen molar-refractivity contribution >= 4 is 45.2 Å². The molecule has 9 nitrogen and oxygen atoms in total. The summed E-state index contributed by atoms with van der Waals surface area (Å²) in [5.41, 5.74) is 0.984. The summed E-state index contributed by atoms with van der Waals surface area (Å²) in [7, 11) is 2.48. The maximum atomic E-state index is 12.4. The molecule has 0 aliphatic rings. The molecule has 146 valence electrons. The highest BCUT2D eigenvalue weighted by atomic mass is 32.1. The van der Waals surface area contributed by atoms with E-state index in [0.717, 1.165) is 11.3 Å². The van der Waals surface area contributed by atoms with Gasteiger partial charge in [-0.15, -0.1) is 11.3 Å². The SMILES string of the molecule is COC(=O)COc1c(C(=O)OC)sc2cc(C(=O)Nc3cc(C)no3)ccc12. The minimum absolute atomic E-state index is 0.185. The first-order chi connectivity index (χ1) is 13.4. The number of nitrogens with one attached hydrogen (secondary N) is 1. The third-order valence-electron chi connectivity index (χ3n) is 3.70. The normalized spacial score (nSPS) is 10.5. The van der Waals surface area contributed by atoms with E-state index in [1.807, 2.05) is 0 Å². The number of rotatable bonds is 6. The van der Waals surface area contributed by atoms with Crippen molar-refractivity contribution in [2.24, 2.45) is 0 Å². The van der Waals surface area contributed by atoms with Crippen molar-refractivity contribution in [2.45, 2.75) is 6.92 Å². The Kier molecular flexibility index (Phi) is 5.59. The van der Waals surface area contributed by atoms with Crippen molar-refractivity contribution in [1.82, 2.24) is 5.16 Å². The van der Waals surface area contributed by atoms with Gasteiger partial charge in [-0.2, -0.15) is 0 Å². The van der Waals surface area contributed by atoms with Crippen LogP contribution in [0, 0.1) is 6.92 Å². The van der Waals surface area contributed by atoms with Crippen LogP contribution in [-0.4, -0.2) is 43.8 Å². The zero-order valence-corrected chi connectivity index (χ0v) is 16.0. The molecule has 0 unspecified atom stereocenters. The first kappa shape index (κ1) is 19.4. The Labute approximate surface area is 163 Å². The molecule has 1 N–H and O–H groups in total. The van der Waals surface area contributed by atoms with Crippen LogP contribution in [0.4, 0.5) is 5.88 Å². The van der Waals surface area contributed by atoms with Gasteiger partial charge < -0.3 is 18.7 Å². The lowest BCUT2D eigenvalue weighted by Gasteiger charge is -2.06. The summed E-state index contributed by atoms with van der Waals surface area (Å²) >= 11 is 1.09. The lowest BCUT2D eigenvalue weighted by Crippen LogP contribution is -2.14. The minimum Gasteiger partial charge on any atom is -0.479 e. The number of hydrogen-bond acceptors (Lipinski definition) is 9. The van der Waals surface area contributed by atoms with E-state index in [0.29, 0.717) is 21.3 Å². The van der Waals surface area contributed by atoms with Gasteiger partial charge in [0.2, 0.25) is 5.88 Å². The van der Waals surface area contributed by atoms with Crippen molar-refractivity contribution in [3.8, 4) is 5.75 Å². The molecule has 0 aliphatic heterocycles. The summed E-state index contributed by atoms with van der Waals surface area (Å²) in [5, 5.41) is 6.88. The summed E-state index contributed by atoms with van der Waals surface area (Å²) in [5.74, 6) is -1.16. The predicted octanol–water partition coefficient (Wildman–Crippen LogP) is 2.79. The fourth-order valence-electron chi connectivity index (χ4n) is 2.38. The van der Waals surface area contributed by atoms with Gasteiger partial charge in [-0.1, -0.05) is 5.16 Å². The van der Waals surface area contributed by atoms with Crippen LogP contribution in [0.1, 0.15) is 25.7 Å². The summed E-state index contributed by atoms with van der Waals surface area (Å²) in [6, 6.07) is 6.40. The lowest BCUT2D eigenvalue weighted by molar-refractivity contribution is -0.142. The van der Waals surface area contributed by atoms with E-state index in [2.05, 4.69) is 15.2 Å². The van der Waals surface area contributed by atoms with Gasteiger partial charge in [-0.3, -0.25) is 10.1 Å². The third kappa shape index (κ3) is 3.96. The second kappa shape index (κ2) is 8.09. The molecule has 2 aromatic heterocycles. The Bertz CT molecular complexity index is 1050. The smallest absolute Gasteiger partial charge is 0.351 e. The van der Waals surface area contributed by atoms with E-state index in [1.54, 1.807) is 31.2 Å². The number of fused-ring (bicyclic) bond motifs is 1. The van der Waals surface area contributed by atoms with Crippen molar-refractivity contribution in [3.05, 3.63) is 40.4 Å². The van der Waals surface area contributed by atoms with E-state index in [4.69, 9.17) is 14.0 Å². The molecule has 0 atom stereocenters. The molecule has 28 heavy (non-hydrogen) atoms. The highest BCUT2D eigenvalue weighted by Crippen LogP contribution is 2.39. The van der Waals surface area contributed by atoms with E-state index in [9.17, 15) is 14.4 Å². The second-order valence-corrected chi connectivity index (χ2v) is 6.67. The van der Waals surface area contributed by atoms with Crippen LogP contribution in [0.2, 0.25) is 0 Å². The summed E-state index contributed by atoms with van der Waals surface area (Å²) in [4.78, 5) is 36.1. The highest BCUT2D eigenvalue weighted by Gasteiger charge is 2.22. The number of hydrogen-bond donors (Lipinski definition) is 1. The molecule has 10 heteroatoms. The van der Waals surface area contributed by atoms with Gasteiger partial charge in [-0.05, 0) is 25.1 Å². The fourth-order valence-corrected chi connectivity index (χ4v) is 3.49. The molecule has 0 spiro atoms. The number of benzene rings is 1. The number of anilines is 1.